The number of carbonyl (C=O) groups excluding carboxylic acids is 1. The lowest BCUT2D eigenvalue weighted by Gasteiger charge is -2.01. The van der Waals surface area contributed by atoms with E-state index in [1.807, 2.05) is 18.2 Å². The molecule has 0 fully saturated rings. The van der Waals surface area contributed by atoms with Crippen molar-refractivity contribution >= 4 is 32.6 Å². The first kappa shape index (κ1) is 11.7. The summed E-state index contributed by atoms with van der Waals surface area (Å²) in [5.41, 5.74) is 6.23. The lowest BCUT2D eigenvalue weighted by atomic mass is 10.3. The lowest BCUT2D eigenvalue weighted by Crippen LogP contribution is -2.28. The van der Waals surface area contributed by atoms with Gasteiger partial charge in [-0.25, -0.2) is 4.98 Å². The van der Waals surface area contributed by atoms with Gasteiger partial charge in [0.25, 0.3) is 0 Å². The van der Waals surface area contributed by atoms with Gasteiger partial charge in [-0.1, -0.05) is 18.3 Å². The molecule has 1 amide bonds. The second kappa shape index (κ2) is 5.01. The van der Waals surface area contributed by atoms with E-state index in [-0.39, 0.29) is 5.91 Å². The molecule has 1 heterocycles. The number of thiazole rings is 1. The first-order chi connectivity index (χ1) is 8.22. The maximum Gasteiger partial charge on any atom is 0.238 e. The molecule has 0 atom stereocenters. The monoisotopic (exact) mass is 251 g/mol. The second-order valence-electron chi connectivity index (χ2n) is 3.38. The summed E-state index contributed by atoms with van der Waals surface area (Å²) < 4.78 is 6.15. The average molecular weight is 251 g/mol. The van der Waals surface area contributed by atoms with Crippen LogP contribution >= 0.6 is 11.3 Å². The highest BCUT2D eigenvalue weighted by Gasteiger charge is 2.05. The number of rotatable bonds is 4. The Morgan fingerprint density at radius 2 is 2.35 bits per heavy atom. The van der Waals surface area contributed by atoms with E-state index in [2.05, 4.69) is 15.8 Å². The summed E-state index contributed by atoms with van der Waals surface area (Å²) >= 11 is 1.46. The molecule has 17 heavy (non-hydrogen) atoms. The van der Waals surface area contributed by atoms with E-state index in [0.29, 0.717) is 11.6 Å². The molecule has 1 aromatic carbocycles. The number of nitrogens with one attached hydrogen (secondary N) is 2. The number of hydrazine groups is 1. The van der Waals surface area contributed by atoms with Crippen LogP contribution in [0.5, 0.6) is 5.75 Å². The van der Waals surface area contributed by atoms with Gasteiger partial charge in [-0.3, -0.25) is 15.6 Å². The molecule has 2 aromatic rings. The Kier molecular flexibility index (Phi) is 3.43. The zero-order valence-corrected chi connectivity index (χ0v) is 10.4. The van der Waals surface area contributed by atoms with E-state index in [9.17, 15) is 4.79 Å². The number of nitrogens with zero attached hydrogens (tertiary/aromatic N) is 1. The minimum absolute atomic E-state index is 0.0677. The molecule has 0 spiro atoms. The van der Waals surface area contributed by atoms with Crippen molar-refractivity contribution in [3.8, 4) is 5.75 Å². The number of hydrogen-bond donors (Lipinski definition) is 2. The third-order valence-corrected chi connectivity index (χ3v) is 3.16. The van der Waals surface area contributed by atoms with Gasteiger partial charge in [0.2, 0.25) is 11.0 Å². The molecule has 0 aliphatic heterocycles. The predicted molar refractivity (Wildman–Crippen MR) is 68.2 cm³/mol. The Morgan fingerprint density at radius 1 is 1.53 bits per heavy atom. The summed E-state index contributed by atoms with van der Waals surface area (Å²) in [5.74, 6) is 0.729. The topological polar surface area (TPSA) is 63.2 Å². The number of carbonyl (C=O) groups is 1. The Morgan fingerprint density at radius 3 is 3.06 bits per heavy atom. The van der Waals surface area contributed by atoms with Crippen LogP contribution < -0.4 is 15.6 Å². The number of benzene rings is 1. The molecule has 0 aliphatic carbocycles. The second-order valence-corrected chi connectivity index (χ2v) is 4.41. The van der Waals surface area contributed by atoms with Crippen molar-refractivity contribution in [3.05, 3.63) is 18.2 Å². The summed E-state index contributed by atoms with van der Waals surface area (Å²) in [5, 5.41) is 0.662. The maximum atomic E-state index is 11.1. The molecule has 0 bridgehead atoms. The van der Waals surface area contributed by atoms with E-state index in [4.69, 9.17) is 4.74 Å². The fourth-order valence-corrected chi connectivity index (χ4v) is 2.14. The predicted octanol–water partition coefficient (Wildman–Crippen LogP) is 2.16. The van der Waals surface area contributed by atoms with Crippen molar-refractivity contribution < 1.29 is 9.53 Å². The van der Waals surface area contributed by atoms with Crippen LogP contribution in [0.3, 0.4) is 0 Å². The van der Waals surface area contributed by atoms with Crippen LogP contribution in [-0.4, -0.2) is 18.0 Å². The fraction of sp³-hybridized carbons (Fsp3) is 0.273. The van der Waals surface area contributed by atoms with E-state index in [0.717, 1.165) is 16.0 Å². The molecular weight excluding hydrogens is 238 g/mol. The Bertz CT molecular complexity index is 538. The molecule has 90 valence electrons. The largest absolute Gasteiger partial charge is 0.497 e. The minimum Gasteiger partial charge on any atom is -0.497 e. The van der Waals surface area contributed by atoms with Gasteiger partial charge in [0.05, 0.1) is 17.3 Å². The Balaban J connectivity index is 2.17. The van der Waals surface area contributed by atoms with E-state index in [1.54, 1.807) is 14.0 Å². The molecule has 0 saturated heterocycles. The van der Waals surface area contributed by atoms with Gasteiger partial charge in [0, 0.05) is 6.42 Å². The molecule has 0 aliphatic rings. The van der Waals surface area contributed by atoms with Gasteiger partial charge in [-0.15, -0.1) is 0 Å². The van der Waals surface area contributed by atoms with Gasteiger partial charge in [-0.2, -0.15) is 0 Å². The molecule has 5 nitrogen and oxygen atoms in total. The van der Waals surface area contributed by atoms with Gasteiger partial charge in [-0.05, 0) is 18.2 Å². The highest BCUT2D eigenvalue weighted by Crippen LogP contribution is 2.28. The van der Waals surface area contributed by atoms with E-state index < -0.39 is 0 Å². The van der Waals surface area contributed by atoms with Crippen molar-refractivity contribution in [1.29, 1.82) is 0 Å². The van der Waals surface area contributed by atoms with E-state index >= 15 is 0 Å². The quantitative estimate of drug-likeness (QED) is 0.817. The van der Waals surface area contributed by atoms with Gasteiger partial charge in [0.1, 0.15) is 5.75 Å². The molecule has 0 saturated carbocycles. The summed E-state index contributed by atoms with van der Waals surface area (Å²) in [6, 6.07) is 5.66. The molecule has 2 N–H and O–H groups in total. The average Bonchev–Trinajstić information content (AvgIpc) is 2.77. The smallest absolute Gasteiger partial charge is 0.238 e. The summed E-state index contributed by atoms with van der Waals surface area (Å²) in [7, 11) is 1.63. The summed E-state index contributed by atoms with van der Waals surface area (Å²) in [6.07, 6.45) is 0.436. The minimum atomic E-state index is -0.0677. The number of ether oxygens (including phenoxy) is 1. The van der Waals surface area contributed by atoms with Crippen LogP contribution in [0.4, 0.5) is 5.13 Å². The molecule has 0 unspecified atom stereocenters. The van der Waals surface area contributed by atoms with Crippen molar-refractivity contribution in [2.75, 3.05) is 12.5 Å². The third-order valence-electron chi connectivity index (χ3n) is 2.23. The van der Waals surface area contributed by atoms with Crippen molar-refractivity contribution in [1.82, 2.24) is 10.4 Å². The zero-order chi connectivity index (χ0) is 12.3. The highest BCUT2D eigenvalue weighted by atomic mass is 32.1. The molecule has 1 aromatic heterocycles. The van der Waals surface area contributed by atoms with Crippen LogP contribution in [0, 0.1) is 0 Å². The highest BCUT2D eigenvalue weighted by molar-refractivity contribution is 7.22. The van der Waals surface area contributed by atoms with Crippen molar-refractivity contribution in [3.63, 3.8) is 0 Å². The number of aromatic nitrogens is 1. The van der Waals surface area contributed by atoms with Crippen LogP contribution in [0.25, 0.3) is 10.2 Å². The maximum absolute atomic E-state index is 11.1. The first-order valence-corrected chi connectivity index (χ1v) is 6.04. The molecule has 0 radical (unpaired) electrons. The number of methoxy groups -OCH3 is 1. The molecule has 6 heteroatoms. The number of hydrogen-bond acceptors (Lipinski definition) is 5. The van der Waals surface area contributed by atoms with Gasteiger partial charge < -0.3 is 4.74 Å². The van der Waals surface area contributed by atoms with Crippen LogP contribution in [-0.2, 0) is 4.79 Å². The fourth-order valence-electron chi connectivity index (χ4n) is 1.30. The van der Waals surface area contributed by atoms with Gasteiger partial charge >= 0.3 is 0 Å². The SMILES string of the molecule is CCC(=O)NNc1nc2ccc(OC)cc2s1. The Labute approximate surface area is 103 Å². The standard InChI is InChI=1S/C11H13N3O2S/c1-3-10(15)13-14-11-12-8-5-4-7(16-2)6-9(8)17-11/h4-6H,3H2,1-2H3,(H,12,14)(H,13,15). The summed E-state index contributed by atoms with van der Waals surface area (Å²) in [4.78, 5) is 15.4. The summed E-state index contributed by atoms with van der Waals surface area (Å²) in [6.45, 7) is 1.79. The lowest BCUT2D eigenvalue weighted by molar-refractivity contribution is -0.120. The first-order valence-electron chi connectivity index (χ1n) is 5.22. The molecule has 2 rings (SSSR count). The number of fused-ring (bicyclic) bond motifs is 1. The van der Waals surface area contributed by atoms with Crippen molar-refractivity contribution in [2.24, 2.45) is 0 Å². The normalized spacial score (nSPS) is 10.2. The van der Waals surface area contributed by atoms with Crippen LogP contribution in [0.2, 0.25) is 0 Å². The zero-order valence-electron chi connectivity index (χ0n) is 9.61. The van der Waals surface area contributed by atoms with E-state index in [1.165, 1.54) is 11.3 Å². The van der Waals surface area contributed by atoms with Crippen LogP contribution in [0.15, 0.2) is 18.2 Å². The Hall–Kier alpha value is -1.82. The van der Waals surface area contributed by atoms with Gasteiger partial charge in [0.15, 0.2) is 0 Å². The number of amides is 1. The van der Waals surface area contributed by atoms with Crippen molar-refractivity contribution in [2.45, 2.75) is 13.3 Å². The number of anilines is 1. The third kappa shape index (κ3) is 2.65. The van der Waals surface area contributed by atoms with Crippen LogP contribution in [0.1, 0.15) is 13.3 Å². The molecular formula is C11H13N3O2S.